The van der Waals surface area contributed by atoms with E-state index in [1.165, 1.54) is 12.3 Å². The maximum absolute atomic E-state index is 14.3. The topological polar surface area (TPSA) is 72.3 Å². The van der Waals surface area contributed by atoms with Gasteiger partial charge in [0.1, 0.15) is 17.1 Å². The number of amides is 1. The van der Waals surface area contributed by atoms with Gasteiger partial charge in [0.2, 0.25) is 5.91 Å². The van der Waals surface area contributed by atoms with E-state index in [2.05, 4.69) is 16.4 Å². The third-order valence-corrected chi connectivity index (χ3v) is 8.79. The number of alkyl halides is 4. The van der Waals surface area contributed by atoms with Crippen LogP contribution in [0.25, 0.3) is 10.2 Å². The fourth-order valence-electron chi connectivity index (χ4n) is 6.27. The first-order valence-electron chi connectivity index (χ1n) is 11.5. The number of fused-ring (bicyclic) bond motifs is 4. The van der Waals surface area contributed by atoms with Gasteiger partial charge in [-0.1, -0.05) is 0 Å². The summed E-state index contributed by atoms with van der Waals surface area (Å²) in [5.74, 6) is -0.278. The summed E-state index contributed by atoms with van der Waals surface area (Å²) < 4.78 is 53.0. The van der Waals surface area contributed by atoms with E-state index >= 15 is 0 Å². The van der Waals surface area contributed by atoms with Crippen LogP contribution in [0, 0.1) is 22.7 Å². The fraction of sp³-hybridized carbons (Fsp3) is 0.609. The van der Waals surface area contributed by atoms with E-state index in [4.69, 9.17) is 0 Å². The zero-order valence-corrected chi connectivity index (χ0v) is 19.1. The van der Waals surface area contributed by atoms with Crippen molar-refractivity contribution in [2.24, 2.45) is 11.3 Å². The number of nitriles is 1. The molecular formula is C23H23F4N5OS. The second kappa shape index (κ2) is 7.52. The van der Waals surface area contributed by atoms with Crippen LogP contribution >= 0.6 is 11.3 Å². The lowest BCUT2D eigenvalue weighted by atomic mass is 9.70. The number of halogens is 4. The van der Waals surface area contributed by atoms with Crippen molar-refractivity contribution >= 4 is 33.1 Å². The van der Waals surface area contributed by atoms with Crippen LogP contribution < -0.4 is 10.2 Å². The lowest BCUT2D eigenvalue weighted by Gasteiger charge is -2.62. The van der Waals surface area contributed by atoms with Gasteiger partial charge in [0, 0.05) is 60.0 Å². The quantitative estimate of drug-likeness (QED) is 0.664. The molecule has 11 heteroatoms. The predicted octanol–water partition coefficient (Wildman–Crippen LogP) is 3.40. The van der Waals surface area contributed by atoms with Crippen LogP contribution in [-0.4, -0.2) is 66.4 Å². The molecule has 1 spiro atoms. The van der Waals surface area contributed by atoms with E-state index in [-0.39, 0.29) is 28.2 Å². The van der Waals surface area contributed by atoms with Crippen LogP contribution in [0.5, 0.6) is 0 Å². The van der Waals surface area contributed by atoms with Crippen LogP contribution in [0.15, 0.2) is 12.3 Å². The first kappa shape index (κ1) is 22.0. The van der Waals surface area contributed by atoms with Gasteiger partial charge < -0.3 is 15.1 Å². The van der Waals surface area contributed by atoms with Crippen LogP contribution in [0.1, 0.15) is 29.7 Å². The molecule has 6 nitrogen and oxygen atoms in total. The van der Waals surface area contributed by atoms with Crippen molar-refractivity contribution in [2.45, 2.75) is 50.1 Å². The lowest BCUT2D eigenvalue weighted by molar-refractivity contribution is -0.153. The van der Waals surface area contributed by atoms with Crippen molar-refractivity contribution in [1.29, 1.82) is 5.26 Å². The summed E-state index contributed by atoms with van der Waals surface area (Å²) in [5.41, 5.74) is 0.868. The highest BCUT2D eigenvalue weighted by Gasteiger charge is 2.56. The van der Waals surface area contributed by atoms with Crippen LogP contribution in [0.3, 0.4) is 0 Å². The number of hydrogen-bond donors (Lipinski definition) is 1. The molecule has 1 aliphatic carbocycles. The van der Waals surface area contributed by atoms with Gasteiger partial charge in [-0.2, -0.15) is 18.4 Å². The maximum Gasteiger partial charge on any atom is 0.393 e. The zero-order chi connectivity index (χ0) is 23.8. The second-order valence-corrected chi connectivity index (χ2v) is 11.4. The summed E-state index contributed by atoms with van der Waals surface area (Å²) in [5, 5.41) is 13.5. The zero-order valence-electron chi connectivity index (χ0n) is 18.2. The Morgan fingerprint density at radius 2 is 2.06 bits per heavy atom. The van der Waals surface area contributed by atoms with E-state index in [9.17, 15) is 27.6 Å². The predicted molar refractivity (Wildman–Crippen MR) is 118 cm³/mol. The number of thiophene rings is 1. The second-order valence-electron chi connectivity index (χ2n) is 10.2. The van der Waals surface area contributed by atoms with Gasteiger partial charge in [0.05, 0.1) is 23.7 Å². The molecule has 5 fully saturated rings. The third kappa shape index (κ3) is 3.53. The molecule has 0 unspecified atom stereocenters. The van der Waals surface area contributed by atoms with Crippen molar-refractivity contribution in [3.63, 3.8) is 0 Å². The molecule has 5 aliphatic rings. The largest absolute Gasteiger partial charge is 0.393 e. The summed E-state index contributed by atoms with van der Waals surface area (Å²) >= 11 is 0.998. The van der Waals surface area contributed by atoms with E-state index in [0.717, 1.165) is 24.2 Å². The van der Waals surface area contributed by atoms with Gasteiger partial charge in [-0.25, -0.2) is 9.37 Å². The highest BCUT2D eigenvalue weighted by Crippen LogP contribution is 2.47. The molecule has 0 aromatic carbocycles. The molecule has 1 saturated carbocycles. The summed E-state index contributed by atoms with van der Waals surface area (Å²) in [6, 6.07) is 3.25. The first-order chi connectivity index (χ1) is 16.1. The SMILES string of the molecule is N#Cc1cnc2sc(CC(F)(F)F)cc2c1N1CC2(CN(C(=O)[C@H]3N[C@H]4CC[C@@H]3[C@@H](F)C4)C2)C1. The van der Waals surface area contributed by atoms with Gasteiger partial charge in [0.15, 0.2) is 0 Å². The summed E-state index contributed by atoms with van der Waals surface area (Å²) in [7, 11) is 0. The van der Waals surface area contributed by atoms with Crippen molar-refractivity contribution in [3.8, 4) is 6.07 Å². The maximum atomic E-state index is 14.3. The van der Waals surface area contributed by atoms with E-state index < -0.39 is 24.8 Å². The van der Waals surface area contributed by atoms with Gasteiger partial charge in [-0.3, -0.25) is 4.79 Å². The molecule has 34 heavy (non-hydrogen) atoms. The van der Waals surface area contributed by atoms with E-state index in [0.29, 0.717) is 54.1 Å². The molecule has 6 heterocycles. The number of carbonyl (C=O) groups is 1. The minimum atomic E-state index is -4.31. The molecule has 0 radical (unpaired) electrons. The Balaban J connectivity index is 1.15. The summed E-state index contributed by atoms with van der Waals surface area (Å²) in [6.07, 6.45) is -2.68. The van der Waals surface area contributed by atoms with Gasteiger partial charge >= 0.3 is 6.18 Å². The lowest BCUT2D eigenvalue weighted by Crippen LogP contribution is -2.75. The van der Waals surface area contributed by atoms with Gasteiger partial charge in [-0.05, 0) is 25.3 Å². The molecule has 180 valence electrons. The monoisotopic (exact) mass is 493 g/mol. The number of pyridine rings is 1. The average molecular weight is 494 g/mol. The minimum Gasteiger partial charge on any atom is -0.368 e. The molecule has 4 aliphatic heterocycles. The molecule has 2 bridgehead atoms. The molecule has 7 rings (SSSR count). The van der Waals surface area contributed by atoms with Crippen molar-refractivity contribution < 1.29 is 22.4 Å². The Labute approximate surface area is 197 Å². The van der Waals surface area contributed by atoms with Crippen LogP contribution in [-0.2, 0) is 11.2 Å². The van der Waals surface area contributed by atoms with Crippen molar-refractivity contribution in [1.82, 2.24) is 15.2 Å². The molecule has 2 aromatic heterocycles. The fourth-order valence-corrected chi connectivity index (χ4v) is 7.30. The summed E-state index contributed by atoms with van der Waals surface area (Å²) in [6.45, 7) is 2.39. The van der Waals surface area contributed by atoms with E-state index in [1.807, 2.05) is 4.90 Å². The van der Waals surface area contributed by atoms with Crippen LogP contribution in [0.2, 0.25) is 0 Å². The highest BCUT2D eigenvalue weighted by atomic mass is 32.1. The van der Waals surface area contributed by atoms with Crippen LogP contribution in [0.4, 0.5) is 23.2 Å². The first-order valence-corrected chi connectivity index (χ1v) is 12.3. The molecule has 2 aromatic rings. The Hall–Kier alpha value is -2.45. The van der Waals surface area contributed by atoms with Gasteiger partial charge in [-0.15, -0.1) is 11.3 Å². The third-order valence-electron chi connectivity index (χ3n) is 7.74. The number of rotatable bonds is 3. The summed E-state index contributed by atoms with van der Waals surface area (Å²) in [4.78, 5) is 21.7. The average Bonchev–Trinajstić information content (AvgIpc) is 3.12. The Morgan fingerprint density at radius 1 is 1.29 bits per heavy atom. The molecular weight excluding hydrogens is 470 g/mol. The number of carbonyl (C=O) groups excluding carboxylic acids is 1. The Bertz CT molecular complexity index is 1190. The number of likely N-dealkylation sites (tertiary alicyclic amines) is 1. The molecule has 4 atom stereocenters. The number of piperidine rings is 2. The molecule has 1 N–H and O–H groups in total. The number of hydrogen-bond acceptors (Lipinski definition) is 6. The van der Waals surface area contributed by atoms with E-state index in [1.54, 1.807) is 4.90 Å². The van der Waals surface area contributed by atoms with Crippen molar-refractivity contribution in [2.75, 3.05) is 31.1 Å². The Morgan fingerprint density at radius 3 is 2.71 bits per heavy atom. The number of anilines is 1. The molecule has 1 amide bonds. The number of aromatic nitrogens is 1. The normalized spacial score (nSPS) is 29.7. The smallest absolute Gasteiger partial charge is 0.368 e. The molecule has 4 saturated heterocycles. The van der Waals surface area contributed by atoms with Gasteiger partial charge in [0.25, 0.3) is 0 Å². The van der Waals surface area contributed by atoms with Crippen molar-refractivity contribution in [3.05, 3.63) is 22.7 Å². The minimum absolute atomic E-state index is 0.0280. The number of nitrogens with zero attached hydrogens (tertiary/aromatic N) is 4. The highest BCUT2D eigenvalue weighted by molar-refractivity contribution is 7.18. The Kier molecular flexibility index (Phi) is 4.88. The standard InChI is InChI=1S/C23H23F4N5OS/c24-17-3-13-1-2-15(17)18(30-13)21(33)32-10-22(11-32)8-31(9-22)19-12(6-28)7-29-20-16(19)4-14(34-20)5-23(25,26)27/h4,7,13,15,17-18,30H,1-3,5,8-11H2/t13-,15+,17-,18-/m0/s1. The number of nitrogens with one attached hydrogen (secondary N) is 1.